The molecule has 126 valence electrons. The van der Waals surface area contributed by atoms with Gasteiger partial charge < -0.3 is 14.5 Å². The number of aryl methyl sites for hydroxylation is 1. The molecule has 0 radical (unpaired) electrons. The maximum Gasteiger partial charge on any atom is 0.252 e. The molecule has 8 heteroatoms. The third-order valence-electron chi connectivity index (χ3n) is 4.43. The number of piperazine rings is 1. The number of hydrogen-bond acceptors (Lipinski definition) is 6. The molecule has 2 aliphatic heterocycles. The van der Waals surface area contributed by atoms with Gasteiger partial charge in [0.05, 0.1) is 30.8 Å². The van der Waals surface area contributed by atoms with Crippen molar-refractivity contribution < 1.29 is 9.53 Å². The summed E-state index contributed by atoms with van der Waals surface area (Å²) >= 11 is 0. The minimum Gasteiger partial charge on any atom is -0.501 e. The number of fused-ring (bicyclic) bond motifs is 1. The van der Waals surface area contributed by atoms with Crippen LogP contribution in [0.25, 0.3) is 5.65 Å². The summed E-state index contributed by atoms with van der Waals surface area (Å²) in [6, 6.07) is 0. The number of carbonyl (C=O) groups excluding carboxylic acids is 1. The first-order chi connectivity index (χ1) is 11.7. The van der Waals surface area contributed by atoms with Crippen LogP contribution in [-0.4, -0.2) is 63.2 Å². The van der Waals surface area contributed by atoms with Crippen molar-refractivity contribution in [2.24, 2.45) is 0 Å². The molecule has 1 amide bonds. The number of carbonyl (C=O) groups is 1. The van der Waals surface area contributed by atoms with Crippen molar-refractivity contribution in [3.63, 3.8) is 0 Å². The summed E-state index contributed by atoms with van der Waals surface area (Å²) in [6.07, 6.45) is 6.85. The van der Waals surface area contributed by atoms with Crippen LogP contribution in [-0.2, 0) is 9.53 Å². The molecule has 0 saturated carbocycles. The predicted octanol–water partition coefficient (Wildman–Crippen LogP) is 0.776. The second-order valence-corrected chi connectivity index (χ2v) is 6.09. The van der Waals surface area contributed by atoms with Crippen molar-refractivity contribution in [2.75, 3.05) is 37.7 Å². The molecule has 8 nitrogen and oxygen atoms in total. The van der Waals surface area contributed by atoms with Gasteiger partial charge in [-0.05, 0) is 19.8 Å². The molecule has 0 bridgehead atoms. The van der Waals surface area contributed by atoms with Crippen LogP contribution in [0.1, 0.15) is 18.7 Å². The topological polar surface area (TPSA) is 75.9 Å². The molecule has 2 aliphatic rings. The van der Waals surface area contributed by atoms with Gasteiger partial charge in [0.1, 0.15) is 5.82 Å². The molecule has 0 aromatic carbocycles. The molecule has 4 heterocycles. The second kappa shape index (κ2) is 6.10. The van der Waals surface area contributed by atoms with E-state index in [0.717, 1.165) is 48.8 Å². The Balaban J connectivity index is 1.47. The lowest BCUT2D eigenvalue weighted by molar-refractivity contribution is -0.128. The van der Waals surface area contributed by atoms with Crippen molar-refractivity contribution >= 4 is 17.4 Å². The van der Waals surface area contributed by atoms with E-state index >= 15 is 0 Å². The molecule has 1 fully saturated rings. The lowest BCUT2D eigenvalue weighted by atomic mass is 10.1. The van der Waals surface area contributed by atoms with Gasteiger partial charge in [-0.3, -0.25) is 9.78 Å². The maximum absolute atomic E-state index is 12.5. The molecular weight excluding hydrogens is 308 g/mol. The Morgan fingerprint density at radius 2 is 2.04 bits per heavy atom. The zero-order chi connectivity index (χ0) is 16.5. The van der Waals surface area contributed by atoms with Crippen molar-refractivity contribution in [1.29, 1.82) is 0 Å². The van der Waals surface area contributed by atoms with Crippen LogP contribution in [0.2, 0.25) is 0 Å². The van der Waals surface area contributed by atoms with E-state index in [4.69, 9.17) is 4.74 Å². The number of ether oxygens (including phenoxy) is 1. The third kappa shape index (κ3) is 2.68. The van der Waals surface area contributed by atoms with E-state index in [1.807, 2.05) is 16.3 Å². The number of nitrogens with zero attached hydrogens (tertiary/aromatic N) is 6. The molecule has 2 aromatic heterocycles. The summed E-state index contributed by atoms with van der Waals surface area (Å²) < 4.78 is 7.11. The second-order valence-electron chi connectivity index (χ2n) is 6.09. The molecule has 2 aromatic rings. The third-order valence-corrected chi connectivity index (χ3v) is 4.43. The normalized spacial score (nSPS) is 18.5. The molecule has 0 aliphatic carbocycles. The van der Waals surface area contributed by atoms with Crippen molar-refractivity contribution in [1.82, 2.24) is 24.5 Å². The number of amides is 1. The van der Waals surface area contributed by atoms with Gasteiger partial charge in [0.2, 0.25) is 0 Å². The Bertz CT molecular complexity index is 791. The monoisotopic (exact) mass is 328 g/mol. The Morgan fingerprint density at radius 1 is 1.21 bits per heavy atom. The standard InChI is InChI=1S/C16H20N6O2/c1-12-18-14-9-17-10-15(22(14)19-12)20-4-6-21(7-5-20)16(23)13-3-2-8-24-11-13/h9-11H,2-8H2,1H3. The molecule has 0 spiro atoms. The van der Waals surface area contributed by atoms with Crippen LogP contribution in [0.3, 0.4) is 0 Å². The number of anilines is 1. The minimum atomic E-state index is 0.0993. The average Bonchev–Trinajstić information content (AvgIpc) is 3.02. The molecule has 0 N–H and O–H groups in total. The lowest BCUT2D eigenvalue weighted by Gasteiger charge is -2.36. The van der Waals surface area contributed by atoms with Crippen molar-refractivity contribution in [3.05, 3.63) is 30.1 Å². The largest absolute Gasteiger partial charge is 0.501 e. The first kappa shape index (κ1) is 14.9. The van der Waals surface area contributed by atoms with E-state index in [1.165, 1.54) is 0 Å². The zero-order valence-electron chi connectivity index (χ0n) is 13.7. The minimum absolute atomic E-state index is 0.0993. The fraction of sp³-hybridized carbons (Fsp3) is 0.500. The molecule has 1 saturated heterocycles. The van der Waals surface area contributed by atoms with E-state index in [-0.39, 0.29) is 5.91 Å². The molecule has 4 rings (SSSR count). The summed E-state index contributed by atoms with van der Waals surface area (Å²) in [5.41, 5.74) is 1.53. The highest BCUT2D eigenvalue weighted by Gasteiger charge is 2.26. The Hall–Kier alpha value is -2.64. The Kier molecular flexibility index (Phi) is 3.79. The SMILES string of the molecule is Cc1nc2cncc(N3CCN(C(=O)C4=COCCC4)CC3)n2n1. The quantitative estimate of drug-likeness (QED) is 0.811. The van der Waals surface area contributed by atoms with Gasteiger partial charge in [-0.1, -0.05) is 0 Å². The van der Waals surface area contributed by atoms with Gasteiger partial charge in [-0.2, -0.15) is 4.52 Å². The highest BCUT2D eigenvalue weighted by atomic mass is 16.5. The van der Waals surface area contributed by atoms with Crippen molar-refractivity contribution in [2.45, 2.75) is 19.8 Å². The molecule has 0 atom stereocenters. The number of aromatic nitrogens is 4. The van der Waals surface area contributed by atoms with Gasteiger partial charge in [-0.25, -0.2) is 4.98 Å². The van der Waals surface area contributed by atoms with E-state index in [1.54, 1.807) is 18.7 Å². The fourth-order valence-electron chi connectivity index (χ4n) is 3.19. The summed E-state index contributed by atoms with van der Waals surface area (Å²) in [5.74, 6) is 1.74. The van der Waals surface area contributed by atoms with Crippen LogP contribution in [0.5, 0.6) is 0 Å². The average molecular weight is 328 g/mol. The predicted molar refractivity (Wildman–Crippen MR) is 87.6 cm³/mol. The lowest BCUT2D eigenvalue weighted by Crippen LogP contribution is -2.49. The van der Waals surface area contributed by atoms with E-state index in [2.05, 4.69) is 20.0 Å². The number of hydrogen-bond donors (Lipinski definition) is 0. The smallest absolute Gasteiger partial charge is 0.252 e. The van der Waals surface area contributed by atoms with Gasteiger partial charge in [0.15, 0.2) is 11.5 Å². The van der Waals surface area contributed by atoms with Crippen LogP contribution < -0.4 is 4.90 Å². The van der Waals surface area contributed by atoms with Crippen LogP contribution in [0.15, 0.2) is 24.2 Å². The molecule has 0 unspecified atom stereocenters. The zero-order valence-corrected chi connectivity index (χ0v) is 13.7. The molecule has 24 heavy (non-hydrogen) atoms. The molecular formula is C16H20N6O2. The van der Waals surface area contributed by atoms with Crippen LogP contribution in [0.4, 0.5) is 5.82 Å². The van der Waals surface area contributed by atoms with E-state index in [0.29, 0.717) is 19.7 Å². The Morgan fingerprint density at radius 3 is 2.79 bits per heavy atom. The van der Waals surface area contributed by atoms with Gasteiger partial charge in [0, 0.05) is 26.2 Å². The highest BCUT2D eigenvalue weighted by molar-refractivity contribution is 5.93. The number of rotatable bonds is 2. The van der Waals surface area contributed by atoms with Gasteiger partial charge >= 0.3 is 0 Å². The summed E-state index contributed by atoms with van der Waals surface area (Å²) in [7, 11) is 0. The van der Waals surface area contributed by atoms with Gasteiger partial charge in [0.25, 0.3) is 5.91 Å². The van der Waals surface area contributed by atoms with Gasteiger partial charge in [-0.15, -0.1) is 5.10 Å². The summed E-state index contributed by atoms with van der Waals surface area (Å²) in [4.78, 5) is 25.2. The van der Waals surface area contributed by atoms with E-state index in [9.17, 15) is 4.79 Å². The Labute approximate surface area is 139 Å². The fourth-order valence-corrected chi connectivity index (χ4v) is 3.19. The highest BCUT2D eigenvalue weighted by Crippen LogP contribution is 2.19. The van der Waals surface area contributed by atoms with Crippen LogP contribution >= 0.6 is 0 Å². The summed E-state index contributed by atoms with van der Waals surface area (Å²) in [5, 5.41) is 4.43. The first-order valence-electron chi connectivity index (χ1n) is 8.24. The maximum atomic E-state index is 12.5. The first-order valence-corrected chi connectivity index (χ1v) is 8.24. The summed E-state index contributed by atoms with van der Waals surface area (Å²) in [6.45, 7) is 5.44. The van der Waals surface area contributed by atoms with Crippen molar-refractivity contribution in [3.8, 4) is 0 Å². The van der Waals surface area contributed by atoms with E-state index < -0.39 is 0 Å². The van der Waals surface area contributed by atoms with Crippen LogP contribution in [0, 0.1) is 6.92 Å².